The topological polar surface area (TPSA) is 134 Å². The van der Waals surface area contributed by atoms with Gasteiger partial charge in [0, 0.05) is 18.8 Å². The van der Waals surface area contributed by atoms with Gasteiger partial charge in [-0.2, -0.15) is 0 Å². The van der Waals surface area contributed by atoms with Crippen LogP contribution in [0.1, 0.15) is 0 Å². The lowest BCUT2D eigenvalue weighted by atomic mass is 9.96. The molecule has 0 aromatic carbocycles. The highest BCUT2D eigenvalue weighted by molar-refractivity contribution is 6.64. The number of aliphatic carboxylic acids is 1. The average molecular weight is 265 g/mol. The molecule has 1 heterocycles. The Bertz CT molecular complexity index is 483. The van der Waals surface area contributed by atoms with Crippen molar-refractivity contribution in [1.29, 1.82) is 0 Å². The summed E-state index contributed by atoms with van der Waals surface area (Å²) in [5.41, 5.74) is -0.258. The molecule has 10 heteroatoms. The highest BCUT2D eigenvalue weighted by Crippen LogP contribution is 2.19. The molecule has 0 bridgehead atoms. The second-order valence-corrected chi connectivity index (χ2v) is 3.37. The molecule has 0 saturated heterocycles. The third-order valence-electron chi connectivity index (χ3n) is 2.12. The minimum Gasteiger partial charge on any atom is -0.480 e. The van der Waals surface area contributed by atoms with Crippen LogP contribution in [0.2, 0.25) is 0 Å². The summed E-state index contributed by atoms with van der Waals surface area (Å²) < 4.78 is 0. The van der Waals surface area contributed by atoms with Crippen LogP contribution in [-0.2, 0) is 9.59 Å². The molecule has 0 spiro atoms. The molecule has 19 heavy (non-hydrogen) atoms. The SMILES string of the molecule is O=C[B]N[C@@H](CNc1ncccc1[N+](=O)[O-])C(=O)O. The normalized spacial score (nSPS) is 11.4. The summed E-state index contributed by atoms with van der Waals surface area (Å²) in [5.74, 6) is -1.24. The summed E-state index contributed by atoms with van der Waals surface area (Å²) in [7, 11) is 0.938. The molecule has 1 rings (SSSR count). The van der Waals surface area contributed by atoms with Gasteiger partial charge in [0.2, 0.25) is 5.82 Å². The molecule has 0 aliphatic carbocycles. The zero-order valence-electron chi connectivity index (χ0n) is 9.65. The van der Waals surface area contributed by atoms with Crippen molar-refractivity contribution in [3.05, 3.63) is 28.4 Å². The van der Waals surface area contributed by atoms with Crippen LogP contribution >= 0.6 is 0 Å². The summed E-state index contributed by atoms with van der Waals surface area (Å²) in [6.45, 7) is -0.169. The number of hydrogen-bond acceptors (Lipinski definition) is 7. The van der Waals surface area contributed by atoms with Crippen molar-refractivity contribution in [2.24, 2.45) is 0 Å². The van der Waals surface area contributed by atoms with Gasteiger partial charge in [0.05, 0.1) is 11.1 Å². The Morgan fingerprint density at radius 3 is 3.00 bits per heavy atom. The predicted octanol–water partition coefficient (Wildman–Crippen LogP) is -0.746. The Kier molecular flexibility index (Phi) is 5.42. The number of carboxylic acids is 1. The molecule has 3 N–H and O–H groups in total. The number of carboxylic acid groups (broad SMARTS) is 1. The third-order valence-corrected chi connectivity index (χ3v) is 2.12. The van der Waals surface area contributed by atoms with E-state index in [2.05, 4.69) is 15.5 Å². The minimum atomic E-state index is -1.20. The van der Waals surface area contributed by atoms with Crippen LogP contribution in [0.25, 0.3) is 0 Å². The Morgan fingerprint density at radius 2 is 2.42 bits per heavy atom. The largest absolute Gasteiger partial charge is 0.480 e. The molecule has 0 aliphatic rings. The zero-order chi connectivity index (χ0) is 14.3. The van der Waals surface area contributed by atoms with E-state index in [1.165, 1.54) is 18.3 Å². The van der Waals surface area contributed by atoms with Crippen molar-refractivity contribution in [2.45, 2.75) is 6.04 Å². The first kappa shape index (κ1) is 14.6. The van der Waals surface area contributed by atoms with Gasteiger partial charge in [-0.1, -0.05) is 0 Å². The van der Waals surface area contributed by atoms with Crippen LogP contribution in [0.4, 0.5) is 11.5 Å². The van der Waals surface area contributed by atoms with E-state index in [0.717, 1.165) is 7.41 Å². The molecule has 1 radical (unpaired) electrons. The standard InChI is InChI=1S/C9H10BN4O5/c15-5-10-13-6(9(16)17)4-12-8-7(14(18)19)2-1-3-11-8/h1-3,5-6,13H,4H2,(H,11,12)(H,16,17)/t6-/m0/s1. The van der Waals surface area contributed by atoms with E-state index in [-0.39, 0.29) is 18.1 Å². The first-order chi connectivity index (χ1) is 9.06. The number of nitrogens with zero attached hydrogens (tertiary/aromatic N) is 2. The number of carbonyl (C=O) groups excluding carboxylic acids is 1. The van der Waals surface area contributed by atoms with Crippen LogP contribution in [0.5, 0.6) is 0 Å². The quantitative estimate of drug-likeness (QED) is 0.242. The van der Waals surface area contributed by atoms with Crippen LogP contribution < -0.4 is 10.5 Å². The Morgan fingerprint density at radius 1 is 1.68 bits per heavy atom. The Hall–Kier alpha value is -2.49. The van der Waals surface area contributed by atoms with Gasteiger partial charge in [-0.15, -0.1) is 0 Å². The highest BCUT2D eigenvalue weighted by atomic mass is 16.6. The molecule has 1 aromatic heterocycles. The van der Waals surface area contributed by atoms with Crippen LogP contribution in [0.3, 0.4) is 0 Å². The van der Waals surface area contributed by atoms with Crippen LogP contribution in [0, 0.1) is 10.1 Å². The van der Waals surface area contributed by atoms with E-state index in [1.54, 1.807) is 0 Å². The number of hydrogen-bond donors (Lipinski definition) is 3. The Labute approximate surface area is 108 Å². The monoisotopic (exact) mass is 265 g/mol. The van der Waals surface area contributed by atoms with Crippen molar-refractivity contribution >= 4 is 31.1 Å². The minimum absolute atomic E-state index is 0.0355. The average Bonchev–Trinajstić information content (AvgIpc) is 2.38. The summed E-state index contributed by atoms with van der Waals surface area (Å²) in [5, 5.41) is 24.5. The molecular formula is C9H10BN4O5. The van der Waals surface area contributed by atoms with Crippen molar-refractivity contribution in [1.82, 2.24) is 10.2 Å². The molecule has 9 nitrogen and oxygen atoms in total. The van der Waals surface area contributed by atoms with Gasteiger partial charge in [-0.05, 0) is 6.07 Å². The first-order valence-electron chi connectivity index (χ1n) is 5.15. The predicted molar refractivity (Wildman–Crippen MR) is 66.4 cm³/mol. The van der Waals surface area contributed by atoms with Gasteiger partial charge >= 0.3 is 11.7 Å². The molecule has 1 atom stereocenters. The number of nitro groups is 1. The van der Waals surface area contributed by atoms with Gasteiger partial charge < -0.3 is 20.4 Å². The number of nitrogens with one attached hydrogen (secondary N) is 2. The molecule has 0 unspecified atom stereocenters. The fourth-order valence-corrected chi connectivity index (χ4v) is 1.25. The molecule has 0 fully saturated rings. The van der Waals surface area contributed by atoms with E-state index >= 15 is 0 Å². The maximum Gasteiger partial charge on any atom is 0.321 e. The summed E-state index contributed by atoms with van der Waals surface area (Å²) in [4.78, 5) is 34.8. The van der Waals surface area contributed by atoms with Gasteiger partial charge in [0.1, 0.15) is 6.04 Å². The van der Waals surface area contributed by atoms with Gasteiger partial charge in [0.25, 0.3) is 7.41 Å². The second-order valence-electron chi connectivity index (χ2n) is 3.37. The van der Waals surface area contributed by atoms with Crippen LogP contribution in [0.15, 0.2) is 18.3 Å². The lowest BCUT2D eigenvalue weighted by Gasteiger charge is -2.13. The zero-order valence-corrected chi connectivity index (χ0v) is 9.65. The number of carbonyl (C=O) groups is 2. The molecular weight excluding hydrogens is 255 g/mol. The summed E-state index contributed by atoms with van der Waals surface area (Å²) in [6.07, 6.45) is 1.75. The molecule has 1 aromatic rings. The molecule has 0 aliphatic heterocycles. The van der Waals surface area contributed by atoms with Crippen molar-refractivity contribution < 1.29 is 19.6 Å². The molecule has 99 valence electrons. The van der Waals surface area contributed by atoms with E-state index in [1.807, 2.05) is 0 Å². The number of aromatic nitrogens is 1. The fourth-order valence-electron chi connectivity index (χ4n) is 1.25. The van der Waals surface area contributed by atoms with Crippen LogP contribution in [-0.4, -0.2) is 47.2 Å². The number of anilines is 1. The lowest BCUT2D eigenvalue weighted by Crippen LogP contribution is -2.44. The summed E-state index contributed by atoms with van der Waals surface area (Å²) in [6, 6.07) is 1.54. The smallest absolute Gasteiger partial charge is 0.321 e. The molecule has 0 saturated carbocycles. The molecule has 0 amide bonds. The van der Waals surface area contributed by atoms with E-state index in [0.29, 0.717) is 6.19 Å². The lowest BCUT2D eigenvalue weighted by molar-refractivity contribution is -0.384. The van der Waals surface area contributed by atoms with Crippen molar-refractivity contribution in [2.75, 3.05) is 11.9 Å². The van der Waals surface area contributed by atoms with Crippen molar-refractivity contribution in [3.63, 3.8) is 0 Å². The van der Waals surface area contributed by atoms with Gasteiger partial charge in [0.15, 0.2) is 0 Å². The van der Waals surface area contributed by atoms with E-state index < -0.39 is 16.9 Å². The van der Waals surface area contributed by atoms with E-state index in [4.69, 9.17) is 5.11 Å². The maximum atomic E-state index is 10.9. The Balaban J connectivity index is 2.71. The van der Waals surface area contributed by atoms with Crippen molar-refractivity contribution in [3.8, 4) is 0 Å². The van der Waals surface area contributed by atoms with Gasteiger partial charge in [-0.3, -0.25) is 14.9 Å². The number of pyridine rings is 1. The highest BCUT2D eigenvalue weighted by Gasteiger charge is 2.19. The fraction of sp³-hybridized carbons (Fsp3) is 0.222. The third kappa shape index (κ3) is 4.35. The number of rotatable bonds is 8. The first-order valence-corrected chi connectivity index (χ1v) is 5.15. The summed E-state index contributed by atoms with van der Waals surface area (Å²) >= 11 is 0. The van der Waals surface area contributed by atoms with E-state index in [9.17, 15) is 19.7 Å². The second kappa shape index (κ2) is 7.06. The maximum absolute atomic E-state index is 10.9. The van der Waals surface area contributed by atoms with Gasteiger partial charge in [-0.25, -0.2) is 4.98 Å².